The average molecular weight is 634 g/mol. The lowest BCUT2D eigenvalue weighted by atomic mass is 9.41. The summed E-state index contributed by atoms with van der Waals surface area (Å²) in [6.07, 6.45) is -5.96. The minimum absolute atomic E-state index is 0.116. The third kappa shape index (κ3) is 4.93. The molecule has 0 amide bonds. The first kappa shape index (κ1) is 33.2. The minimum atomic E-state index is -1.63. The molecule has 45 heavy (non-hydrogen) atoms. The summed E-state index contributed by atoms with van der Waals surface area (Å²) < 4.78 is 28.6. The van der Waals surface area contributed by atoms with Crippen LogP contribution in [0.25, 0.3) is 0 Å². The van der Waals surface area contributed by atoms with Gasteiger partial charge in [0.1, 0.15) is 18.2 Å². The maximum absolute atomic E-state index is 13.8. The Balaban J connectivity index is 1.68. The van der Waals surface area contributed by atoms with Crippen molar-refractivity contribution in [3.8, 4) is 0 Å². The number of aliphatic hydroxyl groups excluding tert-OH is 2. The molecule has 1 spiro atoms. The van der Waals surface area contributed by atoms with E-state index >= 15 is 0 Å². The van der Waals surface area contributed by atoms with E-state index < -0.39 is 101 Å². The summed E-state index contributed by atoms with van der Waals surface area (Å²) >= 11 is 0. The van der Waals surface area contributed by atoms with Crippen LogP contribution in [0, 0.1) is 40.4 Å². The second-order valence-corrected chi connectivity index (χ2v) is 14.0. The first-order chi connectivity index (χ1) is 21.0. The standard InChI is InChI=1S/C32H43NO12/c1-12(2)8-18(35)44-26-20-19(28(38)41-7)25-22(36)23(37)27-31(6)10-16(34)24(45-29(39)21(33)13(3)4)14(5)15(31)9-17(43-30(26)40)32(20,27)11-42-25/h8,13,15,17,19-23,25-27,36-37H,9-11,33H2,1-7H3/t15-,17+,19?,20+,21-,22-,23-,25+,26+,27?,31-,32-/m0/s1. The number of fused-ring (bicyclic) bond motifs is 3. The maximum atomic E-state index is 13.8. The quantitative estimate of drug-likeness (QED) is 0.210. The Labute approximate surface area is 261 Å². The van der Waals surface area contributed by atoms with Crippen molar-refractivity contribution in [2.24, 2.45) is 46.2 Å². The molecule has 6 rings (SSSR count). The van der Waals surface area contributed by atoms with E-state index in [1.807, 2.05) is 0 Å². The van der Waals surface area contributed by atoms with Crippen LogP contribution < -0.4 is 5.73 Å². The number of carbonyl (C=O) groups is 5. The van der Waals surface area contributed by atoms with Gasteiger partial charge in [0.15, 0.2) is 11.5 Å². The molecule has 248 valence electrons. The van der Waals surface area contributed by atoms with Crippen LogP contribution in [0.15, 0.2) is 23.0 Å². The topological polar surface area (TPSA) is 198 Å². The van der Waals surface area contributed by atoms with Gasteiger partial charge in [0, 0.05) is 29.7 Å². The van der Waals surface area contributed by atoms with Gasteiger partial charge in [-0.05, 0) is 50.0 Å². The Morgan fingerprint density at radius 2 is 1.80 bits per heavy atom. The van der Waals surface area contributed by atoms with Gasteiger partial charge < -0.3 is 39.6 Å². The number of hydrogen-bond acceptors (Lipinski definition) is 13. The minimum Gasteiger partial charge on any atom is -0.469 e. The summed E-state index contributed by atoms with van der Waals surface area (Å²) in [4.78, 5) is 66.6. The molecule has 5 fully saturated rings. The van der Waals surface area contributed by atoms with Crippen molar-refractivity contribution in [2.75, 3.05) is 13.7 Å². The van der Waals surface area contributed by atoms with Crippen LogP contribution in [0.3, 0.4) is 0 Å². The summed E-state index contributed by atoms with van der Waals surface area (Å²) in [5.74, 6) is -8.17. The van der Waals surface area contributed by atoms with Crippen LogP contribution in [0.4, 0.5) is 0 Å². The second-order valence-electron chi connectivity index (χ2n) is 14.0. The van der Waals surface area contributed by atoms with Gasteiger partial charge in [0.25, 0.3) is 0 Å². The van der Waals surface area contributed by atoms with Gasteiger partial charge in [-0.15, -0.1) is 0 Å². The molecule has 2 bridgehead atoms. The molecule has 0 aromatic carbocycles. The van der Waals surface area contributed by atoms with Gasteiger partial charge in [-0.25, -0.2) is 14.4 Å². The number of allylic oxidation sites excluding steroid dienone is 3. The van der Waals surface area contributed by atoms with Gasteiger partial charge in [0.05, 0.1) is 31.8 Å². The third-order valence-corrected chi connectivity index (χ3v) is 10.9. The fraction of sp³-hybridized carbons (Fsp3) is 0.719. The highest BCUT2D eigenvalue weighted by Crippen LogP contribution is 2.70. The van der Waals surface area contributed by atoms with Crippen molar-refractivity contribution in [1.82, 2.24) is 0 Å². The lowest BCUT2D eigenvalue weighted by molar-refractivity contribution is -0.288. The number of ketones is 1. The van der Waals surface area contributed by atoms with Crippen LogP contribution in [-0.2, 0) is 47.7 Å². The molecule has 6 aliphatic rings. The van der Waals surface area contributed by atoms with Gasteiger partial charge in [-0.2, -0.15) is 0 Å². The Morgan fingerprint density at radius 3 is 2.40 bits per heavy atom. The van der Waals surface area contributed by atoms with Gasteiger partial charge in [-0.3, -0.25) is 9.59 Å². The molecule has 0 aromatic rings. The zero-order valence-corrected chi connectivity index (χ0v) is 26.6. The molecule has 3 aliphatic carbocycles. The Kier molecular flexibility index (Phi) is 8.56. The van der Waals surface area contributed by atoms with E-state index in [1.165, 1.54) is 6.08 Å². The van der Waals surface area contributed by atoms with Crippen molar-refractivity contribution in [3.05, 3.63) is 23.0 Å². The van der Waals surface area contributed by atoms with Crippen molar-refractivity contribution in [2.45, 2.75) is 90.9 Å². The first-order valence-electron chi connectivity index (χ1n) is 15.3. The predicted octanol–water partition coefficient (Wildman–Crippen LogP) is 0.732. The molecule has 12 atom stereocenters. The van der Waals surface area contributed by atoms with Crippen LogP contribution in [0.5, 0.6) is 0 Å². The zero-order valence-electron chi connectivity index (χ0n) is 26.6. The van der Waals surface area contributed by atoms with Crippen molar-refractivity contribution in [1.29, 1.82) is 0 Å². The molecule has 3 heterocycles. The lowest BCUT2D eigenvalue weighted by Crippen LogP contribution is -2.73. The van der Waals surface area contributed by atoms with Crippen LogP contribution in [0.1, 0.15) is 54.4 Å². The number of ether oxygens (including phenoxy) is 5. The summed E-state index contributed by atoms with van der Waals surface area (Å²) in [6.45, 7) is 10.2. The van der Waals surface area contributed by atoms with Crippen LogP contribution >= 0.6 is 0 Å². The highest BCUT2D eigenvalue weighted by molar-refractivity contribution is 5.98. The number of methoxy groups -OCH3 is 1. The molecule has 3 aliphatic heterocycles. The lowest BCUT2D eigenvalue weighted by Gasteiger charge is -2.66. The molecule has 0 aromatic heterocycles. The van der Waals surface area contributed by atoms with Gasteiger partial charge in [-0.1, -0.05) is 26.3 Å². The smallest absolute Gasteiger partial charge is 0.348 e. The number of carbonyl (C=O) groups excluding carboxylic acids is 5. The fourth-order valence-corrected chi connectivity index (χ4v) is 8.93. The highest BCUT2D eigenvalue weighted by atomic mass is 16.6. The molecule has 3 saturated heterocycles. The van der Waals surface area contributed by atoms with E-state index in [4.69, 9.17) is 29.4 Å². The van der Waals surface area contributed by atoms with E-state index in [9.17, 15) is 34.2 Å². The summed E-state index contributed by atoms with van der Waals surface area (Å²) in [5, 5.41) is 23.5. The number of aliphatic hydroxyl groups is 2. The summed E-state index contributed by atoms with van der Waals surface area (Å²) in [7, 11) is 1.15. The number of esters is 4. The van der Waals surface area contributed by atoms with Gasteiger partial charge in [0.2, 0.25) is 6.10 Å². The monoisotopic (exact) mass is 633 g/mol. The van der Waals surface area contributed by atoms with E-state index in [-0.39, 0.29) is 31.1 Å². The Hall–Kier alpha value is -3.13. The second kappa shape index (κ2) is 11.6. The molecule has 2 saturated carbocycles. The average Bonchev–Trinajstić information content (AvgIpc) is 3.12. The largest absolute Gasteiger partial charge is 0.469 e. The number of Topliss-reactive ketones (excluding diaryl/α,β-unsaturated/α-hetero) is 1. The molecular formula is C32H43NO12. The van der Waals surface area contributed by atoms with E-state index in [1.54, 1.807) is 41.5 Å². The van der Waals surface area contributed by atoms with Crippen molar-refractivity contribution >= 4 is 29.7 Å². The first-order valence-corrected chi connectivity index (χ1v) is 15.3. The molecule has 2 unspecified atom stereocenters. The van der Waals surface area contributed by atoms with E-state index in [0.29, 0.717) is 11.1 Å². The number of hydrogen-bond donors (Lipinski definition) is 3. The molecular weight excluding hydrogens is 590 g/mol. The molecule has 0 radical (unpaired) electrons. The summed E-state index contributed by atoms with van der Waals surface area (Å²) in [6, 6.07) is -0.964. The number of nitrogens with two attached hydrogens (primary N) is 1. The molecule has 4 N–H and O–H groups in total. The van der Waals surface area contributed by atoms with E-state index in [0.717, 1.165) is 7.11 Å². The van der Waals surface area contributed by atoms with E-state index in [2.05, 4.69) is 0 Å². The molecule has 13 heteroatoms. The summed E-state index contributed by atoms with van der Waals surface area (Å²) in [5.41, 5.74) is 4.54. The van der Waals surface area contributed by atoms with Gasteiger partial charge >= 0.3 is 23.9 Å². The SMILES string of the molecule is COC(=O)C1[C@H]2OC[C@]34C([C@@H](O)[C@@H]2O)[C@@]2(C)CC(=O)C(OC(=O)[C@@H](N)C(C)C)=C(C)[C@@H]2C[C@H]3OC(=O)[C@H](OC(=O)C=C(C)C)[C@@H]14. The van der Waals surface area contributed by atoms with Crippen molar-refractivity contribution < 1.29 is 57.9 Å². The Bertz CT molecular complexity index is 1370. The van der Waals surface area contributed by atoms with Crippen LogP contribution in [0.2, 0.25) is 0 Å². The fourth-order valence-electron chi connectivity index (χ4n) is 8.93. The Morgan fingerprint density at radius 1 is 1.13 bits per heavy atom. The van der Waals surface area contributed by atoms with Crippen molar-refractivity contribution in [3.63, 3.8) is 0 Å². The zero-order chi connectivity index (χ0) is 33.3. The van der Waals surface area contributed by atoms with Crippen LogP contribution in [-0.4, -0.2) is 90.2 Å². The predicted molar refractivity (Wildman–Crippen MR) is 153 cm³/mol. The highest BCUT2D eigenvalue weighted by Gasteiger charge is 2.78. The maximum Gasteiger partial charge on any atom is 0.348 e. The number of rotatable bonds is 6. The normalized spacial score (nSPS) is 40.8. The third-order valence-electron chi connectivity index (χ3n) is 10.9. The molecule has 13 nitrogen and oxygen atoms in total.